The highest BCUT2D eigenvalue weighted by Gasteiger charge is 2.31. The first-order valence-electron chi connectivity index (χ1n) is 6.54. The molecular weight excluding hydrogens is 401 g/mol. The van der Waals surface area contributed by atoms with E-state index in [0.717, 1.165) is 5.79 Å². The molecule has 0 spiro atoms. The molecule has 0 fully saturated rings. The van der Waals surface area contributed by atoms with Crippen molar-refractivity contribution >= 4 is 26.0 Å². The fourth-order valence-corrected chi connectivity index (χ4v) is 3.38. The van der Waals surface area contributed by atoms with Crippen LogP contribution in [-0.4, -0.2) is 14.6 Å². The van der Waals surface area contributed by atoms with Crippen molar-refractivity contribution in [2.24, 2.45) is 0 Å². The molecule has 0 aromatic heterocycles. The van der Waals surface area contributed by atoms with Gasteiger partial charge < -0.3 is 8.60 Å². The fraction of sp³-hybridized carbons (Fsp3) is 0.0769. The number of halogens is 10. The van der Waals surface area contributed by atoms with Crippen molar-refractivity contribution in [3.8, 4) is 0 Å². The molecule has 2 nitrogen and oxygen atoms in total. The summed E-state index contributed by atoms with van der Waals surface area (Å²) in [6.07, 6.45) is 0. The van der Waals surface area contributed by atoms with Gasteiger partial charge >= 0.3 is 14.6 Å². The Labute approximate surface area is 143 Å². The van der Waals surface area contributed by atoms with Gasteiger partial charge in [0.2, 0.25) is 11.6 Å². The molecule has 2 aromatic carbocycles. The first-order valence-corrected chi connectivity index (χ1v) is 8.85. The van der Waals surface area contributed by atoms with E-state index in [2.05, 4.69) is 0 Å². The smallest absolute Gasteiger partial charge is 0.453 e. The van der Waals surface area contributed by atoms with E-state index >= 15 is 0 Å². The molecule has 140 valence electrons. The standard InChI is InChI=1S/2C6HF5N.CH3.Al/c2*7-1-2(8)4(10)6(12)5(11)3(1)9;;/h2*12H;1H3;/q2*-1;;+2. The summed E-state index contributed by atoms with van der Waals surface area (Å²) in [6, 6.07) is 0. The Balaban J connectivity index is 2.39. The van der Waals surface area contributed by atoms with Crippen LogP contribution in [0.25, 0.3) is 0 Å². The maximum absolute atomic E-state index is 13.5. The summed E-state index contributed by atoms with van der Waals surface area (Å²) in [5, 5.41) is 0. The summed E-state index contributed by atoms with van der Waals surface area (Å²) < 4.78 is 136. The van der Waals surface area contributed by atoms with Gasteiger partial charge in [0.1, 0.15) is 0 Å². The lowest BCUT2D eigenvalue weighted by Gasteiger charge is -2.17. The van der Waals surface area contributed by atoms with Crippen molar-refractivity contribution in [3.05, 3.63) is 58.2 Å². The fourth-order valence-electron chi connectivity index (χ4n) is 1.93. The third-order valence-electron chi connectivity index (χ3n) is 3.14. The summed E-state index contributed by atoms with van der Waals surface area (Å²) >= 11 is -3.25. The molecule has 0 aliphatic heterocycles. The molecule has 13 heteroatoms. The quantitative estimate of drug-likeness (QED) is 0.333. The van der Waals surface area contributed by atoms with Gasteiger partial charge in [-0.3, -0.25) is 0 Å². The van der Waals surface area contributed by atoms with Crippen LogP contribution in [0.15, 0.2) is 0 Å². The Hall–Kier alpha value is -2.13. The summed E-state index contributed by atoms with van der Waals surface area (Å²) in [5.41, 5.74) is -3.01. The number of hydrogen-bond donors (Lipinski definition) is 2. The van der Waals surface area contributed by atoms with Crippen LogP contribution >= 0.6 is 0 Å². The number of anilines is 2. The minimum absolute atomic E-state index is 0.996. The topological polar surface area (TPSA) is 24.1 Å². The van der Waals surface area contributed by atoms with Crippen LogP contribution in [0.4, 0.5) is 55.3 Å². The van der Waals surface area contributed by atoms with Crippen LogP contribution < -0.4 is 8.60 Å². The van der Waals surface area contributed by atoms with Gasteiger partial charge in [-0.1, -0.05) is 5.79 Å². The molecule has 0 amide bonds. The molecule has 0 radical (unpaired) electrons. The largest absolute Gasteiger partial charge is 0.565 e. The second-order valence-electron chi connectivity index (χ2n) is 4.90. The molecule has 0 bridgehead atoms. The van der Waals surface area contributed by atoms with E-state index in [1.807, 2.05) is 0 Å². The molecule has 2 aromatic rings. The van der Waals surface area contributed by atoms with Crippen LogP contribution in [0, 0.1) is 58.2 Å². The SMILES string of the molecule is [CH3][Al]([NH]c1c(F)c(F)c(F)c(F)c1F)[NH]c1c(F)c(F)c(F)c(F)c1F. The van der Waals surface area contributed by atoms with Gasteiger partial charge in [-0.25, -0.2) is 43.9 Å². The number of rotatable bonds is 4. The van der Waals surface area contributed by atoms with E-state index in [1.165, 1.54) is 0 Å². The van der Waals surface area contributed by atoms with E-state index in [1.54, 1.807) is 8.60 Å². The lowest BCUT2D eigenvalue weighted by Crippen LogP contribution is -2.33. The highest BCUT2D eigenvalue weighted by atomic mass is 27.2. The number of nitrogens with one attached hydrogen (secondary N) is 2. The third kappa shape index (κ3) is 3.28. The van der Waals surface area contributed by atoms with Crippen molar-refractivity contribution in [3.63, 3.8) is 0 Å². The van der Waals surface area contributed by atoms with Crippen LogP contribution in [-0.2, 0) is 0 Å². The molecule has 0 heterocycles. The summed E-state index contributed by atoms with van der Waals surface area (Å²) in [5.74, 6) is -21.9. The van der Waals surface area contributed by atoms with Crippen molar-refractivity contribution in [1.82, 2.24) is 0 Å². The average Bonchev–Trinajstić information content (AvgIpc) is 2.62. The highest BCUT2D eigenvalue weighted by molar-refractivity contribution is 6.64. The second-order valence-corrected chi connectivity index (χ2v) is 6.92. The van der Waals surface area contributed by atoms with Gasteiger partial charge in [0.25, 0.3) is 0 Å². The first-order chi connectivity index (χ1) is 12.0. The van der Waals surface area contributed by atoms with Gasteiger partial charge in [-0.2, -0.15) is 0 Å². The van der Waals surface area contributed by atoms with Crippen LogP contribution in [0.1, 0.15) is 0 Å². The molecule has 0 saturated carbocycles. The predicted octanol–water partition coefficient (Wildman–Crippen LogP) is 4.72. The summed E-state index contributed by atoms with van der Waals surface area (Å²) in [4.78, 5) is 0. The first kappa shape index (κ1) is 20.2. The molecule has 26 heavy (non-hydrogen) atoms. The van der Waals surface area contributed by atoms with Crippen molar-refractivity contribution in [2.75, 3.05) is 8.60 Å². The van der Waals surface area contributed by atoms with Crippen LogP contribution in [0.2, 0.25) is 5.79 Å². The molecule has 0 aliphatic carbocycles. The van der Waals surface area contributed by atoms with Crippen molar-refractivity contribution in [1.29, 1.82) is 0 Å². The maximum atomic E-state index is 13.5. The monoisotopic (exact) mass is 406 g/mol. The molecule has 2 rings (SSSR count). The Morgan fingerprint density at radius 3 is 0.846 bits per heavy atom. The van der Waals surface area contributed by atoms with Crippen molar-refractivity contribution in [2.45, 2.75) is 5.79 Å². The molecule has 0 aliphatic rings. The minimum Gasteiger partial charge on any atom is -0.453 e. The van der Waals surface area contributed by atoms with Gasteiger partial charge in [-0.15, -0.1) is 0 Å². The molecular formula is C13H5AlF10N2. The Kier molecular flexibility index (Phi) is 5.62. The van der Waals surface area contributed by atoms with E-state index in [4.69, 9.17) is 0 Å². The Morgan fingerprint density at radius 1 is 0.423 bits per heavy atom. The zero-order valence-electron chi connectivity index (χ0n) is 12.4. The lowest BCUT2D eigenvalue weighted by atomic mass is 10.2. The zero-order chi connectivity index (χ0) is 19.9. The molecule has 0 unspecified atom stereocenters. The van der Waals surface area contributed by atoms with Crippen molar-refractivity contribution < 1.29 is 43.9 Å². The Morgan fingerprint density at radius 2 is 0.615 bits per heavy atom. The van der Waals surface area contributed by atoms with Crippen LogP contribution in [0.3, 0.4) is 0 Å². The molecule has 0 atom stereocenters. The Bertz CT molecular complexity index is 759. The third-order valence-corrected chi connectivity index (χ3v) is 4.58. The molecule has 0 saturated heterocycles. The lowest BCUT2D eigenvalue weighted by molar-refractivity contribution is 0.382. The van der Waals surface area contributed by atoms with E-state index in [-0.39, 0.29) is 0 Å². The predicted molar refractivity (Wildman–Crippen MR) is 71.3 cm³/mol. The number of benzene rings is 2. The normalized spacial score (nSPS) is 10.9. The van der Waals surface area contributed by atoms with E-state index in [0.29, 0.717) is 0 Å². The van der Waals surface area contributed by atoms with Crippen LogP contribution in [0.5, 0.6) is 0 Å². The average molecular weight is 406 g/mol. The summed E-state index contributed by atoms with van der Waals surface area (Å²) in [7, 11) is 0. The minimum atomic E-state index is -3.25. The van der Waals surface area contributed by atoms with Gasteiger partial charge in [0.05, 0.1) is 11.4 Å². The second kappa shape index (κ2) is 7.24. The summed E-state index contributed by atoms with van der Waals surface area (Å²) in [6.45, 7) is 0. The molecule has 2 N–H and O–H groups in total. The number of hydrogen-bond acceptors (Lipinski definition) is 2. The van der Waals surface area contributed by atoms with E-state index < -0.39 is 84.1 Å². The van der Waals surface area contributed by atoms with Gasteiger partial charge in [0, 0.05) is 0 Å². The van der Waals surface area contributed by atoms with E-state index in [9.17, 15) is 43.9 Å². The zero-order valence-corrected chi connectivity index (χ0v) is 13.5. The van der Waals surface area contributed by atoms with Gasteiger partial charge in [0.15, 0.2) is 46.5 Å². The maximum Gasteiger partial charge on any atom is 0.565 e. The van der Waals surface area contributed by atoms with Gasteiger partial charge in [-0.05, 0) is 0 Å². The highest BCUT2D eigenvalue weighted by Crippen LogP contribution is 2.29.